The van der Waals surface area contributed by atoms with Crippen molar-refractivity contribution in [2.45, 2.75) is 19.6 Å². The van der Waals surface area contributed by atoms with E-state index in [0.29, 0.717) is 0 Å². The van der Waals surface area contributed by atoms with Gasteiger partial charge in [0.2, 0.25) is 0 Å². The topological polar surface area (TPSA) is 4.93 Å². The van der Waals surface area contributed by atoms with E-state index >= 15 is 0 Å². The number of nitrogens with zero attached hydrogens (tertiary/aromatic N) is 1. The molecule has 3 aromatic carbocycles. The number of hydrogen-bond donors (Lipinski definition) is 0. The van der Waals surface area contributed by atoms with Gasteiger partial charge in [0, 0.05) is 26.4 Å². The van der Waals surface area contributed by atoms with E-state index in [4.69, 9.17) is 0 Å². The highest BCUT2D eigenvalue weighted by Gasteiger charge is 2.30. The highest BCUT2D eigenvalue weighted by molar-refractivity contribution is 9.10. The van der Waals surface area contributed by atoms with Gasteiger partial charge in [0.1, 0.15) is 5.82 Å². The fourth-order valence-corrected chi connectivity index (χ4v) is 6.25. The van der Waals surface area contributed by atoms with Crippen molar-refractivity contribution in [3.05, 3.63) is 83.1 Å². The molecule has 0 saturated heterocycles. The van der Waals surface area contributed by atoms with Gasteiger partial charge in [-0.2, -0.15) is 0 Å². The molecular weight excluding hydrogens is 417 g/mol. The van der Waals surface area contributed by atoms with Crippen LogP contribution in [0.1, 0.15) is 0 Å². The van der Waals surface area contributed by atoms with Gasteiger partial charge in [0.25, 0.3) is 0 Å². The molecule has 0 spiro atoms. The largest absolute Gasteiger partial charge is 0.317 e. The maximum atomic E-state index is 13.8. The quantitative estimate of drug-likeness (QED) is 0.312. The monoisotopic (exact) mass is 437 g/mol. The second kappa shape index (κ2) is 6.77. The minimum Gasteiger partial charge on any atom is -0.317 e. The first-order valence-corrected chi connectivity index (χ1v) is 13.3. The molecule has 136 valence electrons. The van der Waals surface area contributed by atoms with Crippen LogP contribution in [0.4, 0.5) is 4.39 Å². The number of benzene rings is 3. The minimum atomic E-state index is -1.76. The molecule has 1 nitrogen and oxygen atoms in total. The predicted molar refractivity (Wildman–Crippen MR) is 119 cm³/mol. The molecule has 4 rings (SSSR count). The van der Waals surface area contributed by atoms with Gasteiger partial charge in [-0.3, -0.25) is 0 Å². The molecule has 27 heavy (non-hydrogen) atoms. The van der Waals surface area contributed by atoms with Crippen molar-refractivity contribution >= 4 is 40.2 Å². The third-order valence-electron chi connectivity index (χ3n) is 4.80. The lowest BCUT2D eigenvalue weighted by molar-refractivity contribution is 0.627. The smallest absolute Gasteiger partial charge is 0.124 e. The summed E-state index contributed by atoms with van der Waals surface area (Å²) in [7, 11) is -1.76. The molecule has 1 aromatic heterocycles. The summed E-state index contributed by atoms with van der Waals surface area (Å²) in [6, 6.07) is 24.0. The normalized spacial score (nSPS) is 11.9. The Morgan fingerprint density at radius 3 is 2.19 bits per heavy atom. The van der Waals surface area contributed by atoms with E-state index < -0.39 is 8.07 Å². The predicted octanol–water partition coefficient (Wildman–Crippen LogP) is 6.74. The lowest BCUT2D eigenvalue weighted by Gasteiger charge is -2.23. The first kappa shape index (κ1) is 18.2. The maximum Gasteiger partial charge on any atom is 0.124 e. The van der Waals surface area contributed by atoms with Gasteiger partial charge in [0.15, 0.2) is 0 Å². The molecule has 4 heteroatoms. The fraction of sp³-hybridized carbons (Fsp3) is 0.130. The van der Waals surface area contributed by atoms with Crippen molar-refractivity contribution in [3.8, 4) is 16.8 Å². The van der Waals surface area contributed by atoms with Crippen LogP contribution in [0.15, 0.2) is 77.3 Å². The highest BCUT2D eigenvalue weighted by atomic mass is 79.9. The van der Waals surface area contributed by atoms with Crippen LogP contribution < -0.4 is 5.32 Å². The van der Waals surface area contributed by atoms with E-state index in [1.165, 1.54) is 21.8 Å². The SMILES string of the molecule is C[Si](C)(C)c1c(-c2ccc(F)cc2Br)c2ccccc2n1-c1ccccc1. The molecule has 4 aromatic rings. The molecule has 0 atom stereocenters. The third kappa shape index (κ3) is 3.17. The summed E-state index contributed by atoms with van der Waals surface area (Å²) in [6.45, 7) is 7.09. The molecule has 0 aliphatic heterocycles. The van der Waals surface area contributed by atoms with Crippen LogP contribution in [0.5, 0.6) is 0 Å². The molecule has 1 heterocycles. The zero-order valence-corrected chi connectivity index (χ0v) is 18.2. The zero-order chi connectivity index (χ0) is 19.2. The van der Waals surface area contributed by atoms with Gasteiger partial charge in [-0.25, -0.2) is 4.39 Å². The number of aromatic nitrogens is 1. The molecule has 0 bridgehead atoms. The molecule has 0 fully saturated rings. The maximum absolute atomic E-state index is 13.8. The van der Waals surface area contributed by atoms with Gasteiger partial charge in [0.05, 0.1) is 13.6 Å². The van der Waals surface area contributed by atoms with Crippen LogP contribution >= 0.6 is 15.9 Å². The van der Waals surface area contributed by atoms with Crippen LogP contribution in [-0.4, -0.2) is 12.6 Å². The molecule has 0 amide bonds. The second-order valence-electron chi connectivity index (χ2n) is 7.79. The Hall–Kier alpha value is -2.17. The Bertz CT molecular complexity index is 1130. The van der Waals surface area contributed by atoms with Crippen LogP contribution in [0.3, 0.4) is 0 Å². The van der Waals surface area contributed by atoms with Gasteiger partial charge < -0.3 is 4.57 Å². The number of rotatable bonds is 3. The Morgan fingerprint density at radius 2 is 1.52 bits per heavy atom. The first-order chi connectivity index (χ1) is 12.9. The number of hydrogen-bond acceptors (Lipinski definition) is 0. The second-order valence-corrected chi connectivity index (χ2v) is 13.6. The standard InChI is InChI=1S/C23H21BrFNSi/c1-27(2,3)23-22(18-14-13-16(25)15-20(18)24)19-11-7-8-12-21(19)26(23)17-9-5-4-6-10-17/h4-15H,1-3H3. The molecule has 0 radical (unpaired) electrons. The number of fused-ring (bicyclic) bond motifs is 1. The summed E-state index contributed by atoms with van der Waals surface area (Å²) in [5.74, 6) is -0.230. The number of para-hydroxylation sites is 2. The number of halogens is 2. The van der Waals surface area contributed by atoms with Crippen molar-refractivity contribution in [2.75, 3.05) is 0 Å². The van der Waals surface area contributed by atoms with Gasteiger partial charge in [-0.05, 0) is 35.9 Å². The summed E-state index contributed by atoms with van der Waals surface area (Å²) in [4.78, 5) is 0. The van der Waals surface area contributed by atoms with E-state index in [1.807, 2.05) is 12.1 Å². The summed E-state index contributed by atoms with van der Waals surface area (Å²) in [6.07, 6.45) is 0. The summed E-state index contributed by atoms with van der Waals surface area (Å²) >= 11 is 3.60. The van der Waals surface area contributed by atoms with E-state index in [2.05, 4.69) is 88.7 Å². The third-order valence-corrected chi connectivity index (χ3v) is 7.35. The van der Waals surface area contributed by atoms with Gasteiger partial charge >= 0.3 is 0 Å². The van der Waals surface area contributed by atoms with Gasteiger partial charge in [-0.15, -0.1) is 0 Å². The lowest BCUT2D eigenvalue weighted by atomic mass is 10.0. The van der Waals surface area contributed by atoms with E-state index in [1.54, 1.807) is 12.1 Å². The average molecular weight is 438 g/mol. The van der Waals surface area contributed by atoms with Crippen molar-refractivity contribution < 1.29 is 4.39 Å². The van der Waals surface area contributed by atoms with Crippen LogP contribution in [-0.2, 0) is 0 Å². The fourth-order valence-electron chi connectivity index (χ4n) is 3.76. The summed E-state index contributed by atoms with van der Waals surface area (Å²) in [5.41, 5.74) is 4.60. The van der Waals surface area contributed by atoms with Gasteiger partial charge in [-0.1, -0.05) is 78.0 Å². The molecule has 0 saturated carbocycles. The van der Waals surface area contributed by atoms with E-state index in [0.717, 1.165) is 15.7 Å². The van der Waals surface area contributed by atoms with Crippen LogP contribution in [0, 0.1) is 5.82 Å². The Kier molecular flexibility index (Phi) is 4.56. The summed E-state index contributed by atoms with van der Waals surface area (Å²) in [5, 5.41) is 2.55. The molecule has 0 N–H and O–H groups in total. The average Bonchev–Trinajstić information content (AvgIpc) is 2.98. The Labute approximate surface area is 168 Å². The summed E-state index contributed by atoms with van der Waals surface area (Å²) < 4.78 is 16.9. The van der Waals surface area contributed by atoms with Crippen molar-refractivity contribution in [3.63, 3.8) is 0 Å². The van der Waals surface area contributed by atoms with E-state index in [-0.39, 0.29) is 5.82 Å². The molecule has 0 aliphatic carbocycles. The Balaban J connectivity index is 2.19. The van der Waals surface area contributed by atoms with Crippen molar-refractivity contribution in [1.29, 1.82) is 0 Å². The van der Waals surface area contributed by atoms with Crippen LogP contribution in [0.25, 0.3) is 27.7 Å². The Morgan fingerprint density at radius 1 is 0.852 bits per heavy atom. The molecular formula is C23H21BrFNSi. The van der Waals surface area contributed by atoms with E-state index in [9.17, 15) is 4.39 Å². The highest BCUT2D eigenvalue weighted by Crippen LogP contribution is 2.37. The zero-order valence-electron chi connectivity index (χ0n) is 15.6. The first-order valence-electron chi connectivity index (χ1n) is 9.02. The molecule has 0 unspecified atom stereocenters. The minimum absolute atomic E-state index is 0.230. The molecule has 0 aliphatic rings. The van der Waals surface area contributed by atoms with Crippen molar-refractivity contribution in [1.82, 2.24) is 4.57 Å². The van der Waals surface area contributed by atoms with Crippen molar-refractivity contribution in [2.24, 2.45) is 0 Å². The van der Waals surface area contributed by atoms with Crippen LogP contribution in [0.2, 0.25) is 19.6 Å². The lowest BCUT2D eigenvalue weighted by Crippen LogP contribution is -2.43.